The first-order chi connectivity index (χ1) is 30.5. The van der Waals surface area contributed by atoms with E-state index in [1.165, 1.54) is 0 Å². The molecule has 0 saturated carbocycles. The molecule has 0 amide bonds. The quantitative estimate of drug-likeness (QED) is 0.0949. The van der Waals surface area contributed by atoms with Gasteiger partial charge < -0.3 is 0 Å². The monoisotopic (exact) mass is 800 g/mol. The van der Waals surface area contributed by atoms with Crippen molar-refractivity contribution in [3.63, 3.8) is 0 Å². The summed E-state index contributed by atoms with van der Waals surface area (Å²) in [5, 5.41) is 0. The van der Waals surface area contributed by atoms with Gasteiger partial charge in [0.1, 0.15) is 0 Å². The smallest absolute Gasteiger partial charge is 0.267 e. The summed E-state index contributed by atoms with van der Waals surface area (Å²) in [6, 6.07) is 64.4. The number of benzene rings is 7. The highest BCUT2D eigenvalue weighted by Gasteiger charge is 2.23. The van der Waals surface area contributed by atoms with Gasteiger partial charge in [0.2, 0.25) is 11.6 Å². The summed E-state index contributed by atoms with van der Waals surface area (Å²) in [7, 11) is 0. The largest absolute Gasteiger partial charge is 0.281 e. The van der Waals surface area contributed by atoms with Crippen LogP contribution in [0.2, 0.25) is 0 Å². The van der Waals surface area contributed by atoms with Gasteiger partial charge in [-0.05, 0) is 88.2 Å². The molecule has 2 aromatic heterocycles. The Morgan fingerprint density at radius 1 is 0.371 bits per heavy atom. The molecule has 62 heavy (non-hydrogen) atoms. The molecule has 9 rings (SSSR count). The van der Waals surface area contributed by atoms with Crippen LogP contribution in [0.15, 0.2) is 206 Å². The average molecular weight is 801 g/mol. The fourth-order valence-electron chi connectivity index (χ4n) is 7.29. The Hall–Kier alpha value is -8.29. The maximum atomic E-state index is 15.0. The molecule has 0 saturated heterocycles. The average Bonchev–Trinajstić information content (AvgIpc) is 3.36. The summed E-state index contributed by atoms with van der Waals surface area (Å²) in [5.74, 6) is 0.696. The van der Waals surface area contributed by atoms with Gasteiger partial charge in [-0.3, -0.25) is 4.79 Å². The van der Waals surface area contributed by atoms with Crippen LogP contribution >= 0.6 is 0 Å². The molecule has 0 aliphatic heterocycles. The molecule has 0 radical (unpaired) electrons. The lowest BCUT2D eigenvalue weighted by atomic mass is 10.0. The second-order valence-corrected chi connectivity index (χ2v) is 14.7. The third kappa shape index (κ3) is 8.69. The SMILES string of the molecule is CC=C(C=C(C)c1nc(C(=O)c2nc(-c3cccc(-c4ccccc4)c3)nc(-c3cccc(-c4ccccc4)c3)n2)nc(-c2cccc(-c3ccccc3)c2)n1)c1ccccc1. The van der Waals surface area contributed by atoms with Gasteiger partial charge in [0.15, 0.2) is 23.3 Å². The van der Waals surface area contributed by atoms with Crippen LogP contribution in [0.5, 0.6) is 0 Å². The molecule has 296 valence electrons. The lowest BCUT2D eigenvalue weighted by Crippen LogP contribution is -2.16. The zero-order valence-corrected chi connectivity index (χ0v) is 34.2. The van der Waals surface area contributed by atoms with Crippen molar-refractivity contribution in [2.24, 2.45) is 0 Å². The maximum absolute atomic E-state index is 15.0. The Kier molecular flexibility index (Phi) is 11.3. The van der Waals surface area contributed by atoms with Gasteiger partial charge in [0.25, 0.3) is 5.78 Å². The van der Waals surface area contributed by atoms with Crippen molar-refractivity contribution >= 4 is 16.9 Å². The molecule has 9 aromatic rings. The van der Waals surface area contributed by atoms with E-state index in [4.69, 9.17) is 29.9 Å². The van der Waals surface area contributed by atoms with Crippen molar-refractivity contribution in [1.29, 1.82) is 0 Å². The van der Waals surface area contributed by atoms with Gasteiger partial charge in [-0.25, -0.2) is 29.9 Å². The zero-order valence-electron chi connectivity index (χ0n) is 34.2. The Labute approximate surface area is 361 Å². The molecule has 0 bridgehead atoms. The Bertz CT molecular complexity index is 2990. The van der Waals surface area contributed by atoms with E-state index in [-0.39, 0.29) is 11.6 Å². The normalized spacial score (nSPS) is 11.6. The molecule has 0 aliphatic rings. The summed E-state index contributed by atoms with van der Waals surface area (Å²) in [5.41, 5.74) is 11.1. The predicted molar refractivity (Wildman–Crippen MR) is 249 cm³/mol. The van der Waals surface area contributed by atoms with Crippen LogP contribution < -0.4 is 0 Å². The van der Waals surface area contributed by atoms with E-state index in [1.54, 1.807) is 0 Å². The molecule has 0 unspecified atom stereocenters. The Morgan fingerprint density at radius 3 is 1.13 bits per heavy atom. The maximum Gasteiger partial charge on any atom is 0.267 e. The number of aromatic nitrogens is 6. The van der Waals surface area contributed by atoms with Gasteiger partial charge in [-0.15, -0.1) is 0 Å². The summed E-state index contributed by atoms with van der Waals surface area (Å²) in [4.78, 5) is 44.4. The third-order valence-corrected chi connectivity index (χ3v) is 10.5. The Balaban J connectivity index is 1.20. The van der Waals surface area contributed by atoms with Crippen molar-refractivity contribution in [1.82, 2.24) is 29.9 Å². The number of ketones is 1. The summed E-state index contributed by atoms with van der Waals surface area (Å²) >= 11 is 0. The van der Waals surface area contributed by atoms with Crippen LogP contribution in [0, 0.1) is 0 Å². The predicted octanol–water partition coefficient (Wildman–Crippen LogP) is 12.8. The number of allylic oxidation sites excluding steroid dienone is 4. The lowest BCUT2D eigenvalue weighted by molar-refractivity contribution is 0.101. The van der Waals surface area contributed by atoms with Gasteiger partial charge >= 0.3 is 0 Å². The minimum Gasteiger partial charge on any atom is -0.281 e. The van der Waals surface area contributed by atoms with Crippen LogP contribution in [-0.4, -0.2) is 35.7 Å². The van der Waals surface area contributed by atoms with Crippen molar-refractivity contribution in [2.45, 2.75) is 13.8 Å². The summed E-state index contributed by atoms with van der Waals surface area (Å²) in [6.07, 6.45) is 4.07. The molecule has 0 N–H and O–H groups in total. The molecule has 0 atom stereocenters. The van der Waals surface area contributed by atoms with Gasteiger partial charge in [0.05, 0.1) is 0 Å². The fraction of sp³-hybridized carbons (Fsp3) is 0.0364. The van der Waals surface area contributed by atoms with E-state index in [0.717, 1.165) is 66.8 Å². The fourth-order valence-corrected chi connectivity index (χ4v) is 7.29. The van der Waals surface area contributed by atoms with Crippen LogP contribution in [0.25, 0.3) is 78.7 Å². The standard InChI is InChI=1S/C55H40N6O/c1-3-38(39-19-8-4-9-20-39)33-37(2)50-56-51(46-30-16-27-43(34-46)40-21-10-5-11-22-40)59-54(57-50)49(62)55-60-52(47-31-17-28-44(35-47)41-23-12-6-13-24-41)58-53(61-55)48-32-18-29-45(36-48)42-25-14-7-15-26-42/h3-36H,1-2H3. The summed E-state index contributed by atoms with van der Waals surface area (Å²) in [6.45, 7) is 3.94. The highest BCUT2D eigenvalue weighted by Crippen LogP contribution is 2.30. The van der Waals surface area contributed by atoms with E-state index < -0.39 is 5.78 Å². The van der Waals surface area contributed by atoms with E-state index in [1.807, 2.05) is 172 Å². The molecule has 0 fully saturated rings. The van der Waals surface area contributed by atoms with E-state index in [2.05, 4.69) is 48.5 Å². The highest BCUT2D eigenvalue weighted by molar-refractivity contribution is 6.04. The zero-order chi connectivity index (χ0) is 42.3. The molecule has 7 aromatic carbocycles. The number of nitrogens with zero attached hydrogens (tertiary/aromatic N) is 6. The van der Waals surface area contributed by atoms with Crippen molar-refractivity contribution in [3.05, 3.63) is 229 Å². The number of hydrogen-bond donors (Lipinski definition) is 0. The van der Waals surface area contributed by atoms with E-state index in [0.29, 0.717) is 23.3 Å². The first-order valence-corrected chi connectivity index (χ1v) is 20.4. The Morgan fingerprint density at radius 2 is 0.710 bits per heavy atom. The van der Waals surface area contributed by atoms with Crippen molar-refractivity contribution < 1.29 is 4.79 Å². The number of hydrogen-bond acceptors (Lipinski definition) is 7. The second-order valence-electron chi connectivity index (χ2n) is 14.7. The minimum atomic E-state index is -0.556. The number of rotatable bonds is 11. The van der Waals surface area contributed by atoms with Crippen LogP contribution in [0.1, 0.15) is 41.7 Å². The van der Waals surface area contributed by atoms with Crippen molar-refractivity contribution in [3.8, 4) is 67.5 Å². The van der Waals surface area contributed by atoms with Gasteiger partial charge in [-0.2, -0.15) is 0 Å². The van der Waals surface area contributed by atoms with Crippen LogP contribution in [-0.2, 0) is 0 Å². The first kappa shape index (κ1) is 39.2. The molecule has 0 aliphatic carbocycles. The van der Waals surface area contributed by atoms with Gasteiger partial charge in [0, 0.05) is 16.7 Å². The third-order valence-electron chi connectivity index (χ3n) is 10.5. The van der Waals surface area contributed by atoms with E-state index in [9.17, 15) is 0 Å². The van der Waals surface area contributed by atoms with Crippen LogP contribution in [0.3, 0.4) is 0 Å². The topological polar surface area (TPSA) is 94.4 Å². The number of carbonyl (C=O) groups excluding carboxylic acids is 1. The highest BCUT2D eigenvalue weighted by atomic mass is 16.1. The first-order valence-electron chi connectivity index (χ1n) is 20.4. The van der Waals surface area contributed by atoms with E-state index >= 15 is 4.79 Å². The molecular formula is C55H40N6O. The minimum absolute atomic E-state index is 0.0798. The number of carbonyl (C=O) groups is 1. The lowest BCUT2D eigenvalue weighted by Gasteiger charge is -2.11. The molecule has 7 nitrogen and oxygen atoms in total. The molecule has 7 heteroatoms. The molecule has 0 spiro atoms. The molecule has 2 heterocycles. The summed E-state index contributed by atoms with van der Waals surface area (Å²) < 4.78 is 0. The van der Waals surface area contributed by atoms with Crippen LogP contribution in [0.4, 0.5) is 0 Å². The van der Waals surface area contributed by atoms with Gasteiger partial charge in [-0.1, -0.05) is 182 Å². The molecular weight excluding hydrogens is 761 g/mol. The second kappa shape index (κ2) is 17.9. The van der Waals surface area contributed by atoms with Crippen molar-refractivity contribution in [2.75, 3.05) is 0 Å².